The van der Waals surface area contributed by atoms with Gasteiger partial charge in [-0.05, 0) is 61.7 Å². The van der Waals surface area contributed by atoms with E-state index in [1.54, 1.807) is 13.2 Å². The summed E-state index contributed by atoms with van der Waals surface area (Å²) in [6.07, 6.45) is 4.23. The molecule has 1 saturated heterocycles. The van der Waals surface area contributed by atoms with E-state index in [1.165, 1.54) is 19.3 Å². The van der Waals surface area contributed by atoms with Gasteiger partial charge in [-0.15, -0.1) is 0 Å². The van der Waals surface area contributed by atoms with Crippen molar-refractivity contribution in [2.24, 2.45) is 0 Å². The first-order valence-corrected chi connectivity index (χ1v) is 10.8. The smallest absolute Gasteiger partial charge is 0.227 e. The molecule has 1 aromatic heterocycles. The number of nitrogens with one attached hydrogen (secondary N) is 1. The van der Waals surface area contributed by atoms with Crippen molar-refractivity contribution >= 4 is 28.9 Å². The number of aryl methyl sites for hydroxylation is 1. The molecule has 2 heterocycles. The third-order valence-corrected chi connectivity index (χ3v) is 5.61. The molecule has 1 fully saturated rings. The second-order valence-corrected chi connectivity index (χ2v) is 7.91. The molecule has 162 valence electrons. The summed E-state index contributed by atoms with van der Waals surface area (Å²) in [6, 6.07) is 13.1. The van der Waals surface area contributed by atoms with Crippen molar-refractivity contribution in [2.45, 2.75) is 32.1 Å². The monoisotopic (exact) mass is 440 g/mol. The van der Waals surface area contributed by atoms with Crippen LogP contribution < -0.4 is 15.0 Å². The van der Waals surface area contributed by atoms with E-state index in [9.17, 15) is 4.79 Å². The summed E-state index contributed by atoms with van der Waals surface area (Å²) in [5, 5.41) is 7.53. The second-order valence-electron chi connectivity index (χ2n) is 7.50. The standard InChI is InChI=1S/C23H25ClN4O3/c1-30-18-8-5-16(6-9-18)23-26-22(31-27-23)12-11-21(29)25-17-7-10-20(19(24)15-17)28-13-3-2-4-14-28/h5-10,15H,2-4,11-14H2,1H3,(H,25,29). The minimum absolute atomic E-state index is 0.133. The molecule has 3 aromatic rings. The van der Waals surface area contributed by atoms with Crippen LogP contribution in [-0.2, 0) is 11.2 Å². The highest BCUT2D eigenvalue weighted by atomic mass is 35.5. The van der Waals surface area contributed by atoms with Gasteiger partial charge in [-0.25, -0.2) is 0 Å². The number of nitrogens with zero attached hydrogens (tertiary/aromatic N) is 3. The van der Waals surface area contributed by atoms with Crippen molar-refractivity contribution in [2.75, 3.05) is 30.4 Å². The lowest BCUT2D eigenvalue weighted by Crippen LogP contribution is -2.29. The van der Waals surface area contributed by atoms with Crippen LogP contribution in [0.3, 0.4) is 0 Å². The molecular weight excluding hydrogens is 416 g/mol. The normalized spacial score (nSPS) is 13.8. The van der Waals surface area contributed by atoms with Crippen molar-refractivity contribution < 1.29 is 14.1 Å². The molecule has 7 nitrogen and oxygen atoms in total. The van der Waals surface area contributed by atoms with Crippen LogP contribution in [-0.4, -0.2) is 36.2 Å². The van der Waals surface area contributed by atoms with Crippen LogP contribution in [0.2, 0.25) is 5.02 Å². The molecule has 2 aromatic carbocycles. The second kappa shape index (κ2) is 9.83. The molecule has 4 rings (SSSR count). The number of amides is 1. The number of ether oxygens (including phenoxy) is 1. The van der Waals surface area contributed by atoms with Crippen LogP contribution in [0.5, 0.6) is 5.75 Å². The molecule has 8 heteroatoms. The molecular formula is C23H25ClN4O3. The van der Waals surface area contributed by atoms with E-state index < -0.39 is 0 Å². The predicted octanol–water partition coefficient (Wildman–Crippen LogP) is 4.96. The van der Waals surface area contributed by atoms with Crippen LogP contribution >= 0.6 is 11.6 Å². The fraction of sp³-hybridized carbons (Fsp3) is 0.348. The Morgan fingerprint density at radius 1 is 1.16 bits per heavy atom. The van der Waals surface area contributed by atoms with E-state index in [2.05, 4.69) is 20.4 Å². The molecule has 0 bridgehead atoms. The summed E-state index contributed by atoms with van der Waals surface area (Å²) in [6.45, 7) is 2.04. The molecule has 1 aliphatic rings. The number of methoxy groups -OCH3 is 1. The van der Waals surface area contributed by atoms with Crippen LogP contribution in [0, 0.1) is 0 Å². The Hall–Kier alpha value is -3.06. The maximum absolute atomic E-state index is 12.4. The lowest BCUT2D eigenvalue weighted by molar-refractivity contribution is -0.116. The number of rotatable bonds is 7. The summed E-state index contributed by atoms with van der Waals surface area (Å²) in [5.41, 5.74) is 2.53. The van der Waals surface area contributed by atoms with Crippen molar-refractivity contribution in [1.29, 1.82) is 0 Å². The summed E-state index contributed by atoms with van der Waals surface area (Å²) in [7, 11) is 1.61. The van der Waals surface area contributed by atoms with E-state index in [0.29, 0.717) is 28.8 Å². The Morgan fingerprint density at radius 2 is 1.94 bits per heavy atom. The molecule has 1 aliphatic heterocycles. The fourth-order valence-corrected chi connectivity index (χ4v) is 3.93. The van der Waals surface area contributed by atoms with Crippen LogP contribution in [0.15, 0.2) is 47.0 Å². The first-order chi connectivity index (χ1) is 15.1. The zero-order valence-electron chi connectivity index (χ0n) is 17.4. The number of halogens is 1. The van der Waals surface area contributed by atoms with Gasteiger partial charge in [-0.3, -0.25) is 4.79 Å². The number of hydrogen-bond acceptors (Lipinski definition) is 6. The highest BCUT2D eigenvalue weighted by molar-refractivity contribution is 6.33. The maximum Gasteiger partial charge on any atom is 0.227 e. The quantitative estimate of drug-likeness (QED) is 0.559. The number of piperidine rings is 1. The summed E-state index contributed by atoms with van der Waals surface area (Å²) in [5.74, 6) is 1.52. The SMILES string of the molecule is COc1ccc(-c2noc(CCC(=O)Nc3ccc(N4CCCCC4)c(Cl)c3)n2)cc1. The van der Waals surface area contributed by atoms with Gasteiger partial charge in [0.1, 0.15) is 5.75 Å². The topological polar surface area (TPSA) is 80.5 Å². The maximum atomic E-state index is 12.4. The van der Waals surface area contributed by atoms with Gasteiger partial charge in [0.2, 0.25) is 17.6 Å². The molecule has 31 heavy (non-hydrogen) atoms. The summed E-state index contributed by atoms with van der Waals surface area (Å²) >= 11 is 6.47. The lowest BCUT2D eigenvalue weighted by Gasteiger charge is -2.29. The molecule has 0 saturated carbocycles. The number of benzene rings is 2. The van der Waals surface area contributed by atoms with Crippen molar-refractivity contribution in [3.8, 4) is 17.1 Å². The van der Waals surface area contributed by atoms with Gasteiger partial charge in [0.05, 0.1) is 17.8 Å². The van der Waals surface area contributed by atoms with Crippen molar-refractivity contribution in [3.05, 3.63) is 53.4 Å². The average Bonchev–Trinajstić information content (AvgIpc) is 3.28. The Kier molecular flexibility index (Phi) is 6.72. The van der Waals surface area contributed by atoms with E-state index in [0.717, 1.165) is 30.1 Å². The average molecular weight is 441 g/mol. The zero-order valence-corrected chi connectivity index (χ0v) is 18.2. The van der Waals surface area contributed by atoms with Gasteiger partial charge in [-0.2, -0.15) is 4.98 Å². The summed E-state index contributed by atoms with van der Waals surface area (Å²) < 4.78 is 10.4. The van der Waals surface area contributed by atoms with Crippen LogP contribution in [0.1, 0.15) is 31.6 Å². The number of anilines is 2. The fourth-order valence-electron chi connectivity index (χ4n) is 3.63. The lowest BCUT2D eigenvalue weighted by atomic mass is 10.1. The van der Waals surface area contributed by atoms with Gasteiger partial charge in [0, 0.05) is 37.2 Å². The van der Waals surface area contributed by atoms with Gasteiger partial charge in [0.25, 0.3) is 0 Å². The Bertz CT molecular complexity index is 1030. The van der Waals surface area contributed by atoms with Crippen molar-refractivity contribution in [3.63, 3.8) is 0 Å². The van der Waals surface area contributed by atoms with Crippen molar-refractivity contribution in [1.82, 2.24) is 10.1 Å². The van der Waals surface area contributed by atoms with Gasteiger partial charge in [0.15, 0.2) is 0 Å². The van der Waals surface area contributed by atoms with Crippen LogP contribution in [0.25, 0.3) is 11.4 Å². The summed E-state index contributed by atoms with van der Waals surface area (Å²) in [4.78, 5) is 19.0. The minimum Gasteiger partial charge on any atom is -0.497 e. The molecule has 0 spiro atoms. The largest absolute Gasteiger partial charge is 0.497 e. The van der Waals surface area contributed by atoms with E-state index >= 15 is 0 Å². The first kappa shape index (κ1) is 21.2. The molecule has 0 radical (unpaired) electrons. The highest BCUT2D eigenvalue weighted by Gasteiger charge is 2.15. The molecule has 1 N–H and O–H groups in total. The number of hydrogen-bond donors (Lipinski definition) is 1. The minimum atomic E-state index is -0.133. The molecule has 1 amide bonds. The van der Waals surface area contributed by atoms with E-state index in [4.69, 9.17) is 20.9 Å². The van der Waals surface area contributed by atoms with E-state index in [1.807, 2.05) is 36.4 Å². The predicted molar refractivity (Wildman–Crippen MR) is 121 cm³/mol. The highest BCUT2D eigenvalue weighted by Crippen LogP contribution is 2.31. The Morgan fingerprint density at radius 3 is 2.65 bits per heavy atom. The molecule has 0 atom stereocenters. The number of carbonyl (C=O) groups is 1. The van der Waals surface area contributed by atoms with Gasteiger partial charge >= 0.3 is 0 Å². The first-order valence-electron chi connectivity index (χ1n) is 10.4. The zero-order chi connectivity index (χ0) is 21.6. The van der Waals surface area contributed by atoms with E-state index in [-0.39, 0.29) is 12.3 Å². The van der Waals surface area contributed by atoms with Gasteiger partial charge in [-0.1, -0.05) is 16.8 Å². The molecule has 0 unspecified atom stereocenters. The number of carbonyl (C=O) groups excluding carboxylic acids is 1. The Balaban J connectivity index is 1.31. The third kappa shape index (κ3) is 5.35. The number of aromatic nitrogens is 2. The third-order valence-electron chi connectivity index (χ3n) is 5.31. The van der Waals surface area contributed by atoms with Crippen LogP contribution in [0.4, 0.5) is 11.4 Å². The Labute approximate surface area is 186 Å². The molecule has 0 aliphatic carbocycles. The van der Waals surface area contributed by atoms with Gasteiger partial charge < -0.3 is 19.5 Å².